The number of terminal acetylenes is 1. The molecule has 0 fully saturated rings. The fourth-order valence-corrected chi connectivity index (χ4v) is 3.29. The van der Waals surface area contributed by atoms with Gasteiger partial charge >= 0.3 is 0 Å². The molecule has 1 aromatic heterocycles. The molecule has 0 radical (unpaired) electrons. The Kier molecular flexibility index (Phi) is 4.24. The van der Waals surface area contributed by atoms with Gasteiger partial charge < -0.3 is 4.57 Å². The minimum absolute atomic E-state index is 0.112. The van der Waals surface area contributed by atoms with E-state index in [-0.39, 0.29) is 6.54 Å². The molecule has 0 saturated carbocycles. The summed E-state index contributed by atoms with van der Waals surface area (Å²) in [6.45, 7) is 0.112. The minimum atomic E-state index is -0.475. The molecule has 0 bridgehead atoms. The number of thiazole rings is 1. The number of fused-ring (bicyclic) bond motifs is 1. The summed E-state index contributed by atoms with van der Waals surface area (Å²) in [5.74, 6) is 1.57. The first-order valence-corrected chi connectivity index (χ1v) is 7.76. The highest BCUT2D eigenvalue weighted by molar-refractivity contribution is 7.16. The molecule has 0 spiro atoms. The first-order valence-electron chi connectivity index (χ1n) is 6.94. The van der Waals surface area contributed by atoms with E-state index in [1.807, 2.05) is 6.07 Å². The molecule has 116 valence electrons. The second-order valence-electron chi connectivity index (χ2n) is 4.87. The molecule has 0 atom stereocenters. The van der Waals surface area contributed by atoms with Crippen molar-refractivity contribution in [2.24, 2.45) is 4.99 Å². The van der Waals surface area contributed by atoms with E-state index in [1.54, 1.807) is 24.3 Å². The zero-order valence-corrected chi connectivity index (χ0v) is 13.2. The van der Waals surface area contributed by atoms with Gasteiger partial charge in [0.15, 0.2) is 4.80 Å². The molecule has 3 rings (SSSR count). The lowest BCUT2D eigenvalue weighted by atomic mass is 10.1. The van der Waals surface area contributed by atoms with Crippen molar-refractivity contribution in [2.75, 3.05) is 0 Å². The Morgan fingerprint density at radius 3 is 2.71 bits per heavy atom. The highest BCUT2D eigenvalue weighted by Gasteiger charge is 2.12. The second-order valence-corrected chi connectivity index (χ2v) is 5.88. The zero-order chi connectivity index (χ0) is 17.1. The highest BCUT2D eigenvalue weighted by Crippen LogP contribution is 2.20. The van der Waals surface area contributed by atoms with Crippen molar-refractivity contribution >= 4 is 27.5 Å². The first kappa shape index (κ1) is 15.7. The van der Waals surface area contributed by atoms with Crippen molar-refractivity contribution in [3.05, 3.63) is 64.2 Å². The lowest BCUT2D eigenvalue weighted by Crippen LogP contribution is -2.17. The molecule has 1 amide bonds. The summed E-state index contributed by atoms with van der Waals surface area (Å²) < 4.78 is 16.3. The topological polar surface area (TPSA) is 58.1 Å². The van der Waals surface area contributed by atoms with Crippen LogP contribution in [-0.4, -0.2) is 10.5 Å². The van der Waals surface area contributed by atoms with Crippen molar-refractivity contribution in [1.82, 2.24) is 4.57 Å². The normalized spacial score (nSPS) is 11.2. The maximum absolute atomic E-state index is 14.1. The van der Waals surface area contributed by atoms with Crippen molar-refractivity contribution in [1.29, 1.82) is 5.26 Å². The van der Waals surface area contributed by atoms with E-state index < -0.39 is 11.7 Å². The Morgan fingerprint density at radius 1 is 1.29 bits per heavy atom. The van der Waals surface area contributed by atoms with Crippen LogP contribution in [0, 0.1) is 29.5 Å². The van der Waals surface area contributed by atoms with Gasteiger partial charge in [-0.1, -0.05) is 23.3 Å². The molecule has 3 aromatic rings. The fraction of sp³-hybridized carbons (Fsp3) is 0.0556. The molecule has 24 heavy (non-hydrogen) atoms. The average molecular weight is 335 g/mol. The number of aromatic nitrogens is 1. The van der Waals surface area contributed by atoms with Crippen molar-refractivity contribution in [3.8, 4) is 18.4 Å². The first-order chi connectivity index (χ1) is 11.6. The lowest BCUT2D eigenvalue weighted by Gasteiger charge is -2.00. The Bertz CT molecular complexity index is 1080. The number of hydrogen-bond donors (Lipinski definition) is 0. The summed E-state index contributed by atoms with van der Waals surface area (Å²) in [4.78, 5) is 16.7. The molecule has 2 aromatic carbocycles. The number of benzene rings is 2. The summed E-state index contributed by atoms with van der Waals surface area (Å²) in [5, 5.41) is 8.79. The summed E-state index contributed by atoms with van der Waals surface area (Å²) >= 11 is 1.20. The Hall–Kier alpha value is -3.22. The maximum Gasteiger partial charge on any atom is 0.279 e. The number of carbonyl (C=O) groups is 1. The summed E-state index contributed by atoms with van der Waals surface area (Å²) in [7, 11) is 0. The largest absolute Gasteiger partial charge is 0.302 e. The predicted molar refractivity (Wildman–Crippen MR) is 89.7 cm³/mol. The van der Waals surface area contributed by atoms with Crippen molar-refractivity contribution in [2.45, 2.75) is 6.54 Å². The van der Waals surface area contributed by atoms with Crippen LogP contribution < -0.4 is 4.80 Å². The quantitative estimate of drug-likeness (QED) is 0.676. The van der Waals surface area contributed by atoms with Gasteiger partial charge in [0.05, 0.1) is 28.4 Å². The number of carbonyl (C=O) groups excluding carboxylic acids is 1. The Labute approximate surface area is 141 Å². The van der Waals surface area contributed by atoms with Gasteiger partial charge in [0.2, 0.25) is 0 Å². The van der Waals surface area contributed by atoms with Gasteiger partial charge in [-0.3, -0.25) is 4.79 Å². The third-order valence-electron chi connectivity index (χ3n) is 3.36. The third-order valence-corrected chi connectivity index (χ3v) is 4.40. The van der Waals surface area contributed by atoms with Gasteiger partial charge in [0.25, 0.3) is 5.91 Å². The Balaban J connectivity index is 2.14. The summed E-state index contributed by atoms with van der Waals surface area (Å²) in [6, 6.07) is 12.8. The van der Waals surface area contributed by atoms with Crippen LogP contribution in [0.25, 0.3) is 10.2 Å². The minimum Gasteiger partial charge on any atom is -0.302 e. The summed E-state index contributed by atoms with van der Waals surface area (Å²) in [6.07, 6.45) is 5.36. The molecule has 0 N–H and O–H groups in total. The van der Waals surface area contributed by atoms with E-state index in [2.05, 4.69) is 10.9 Å². The van der Waals surface area contributed by atoms with Crippen LogP contribution in [0.1, 0.15) is 15.9 Å². The molecular weight excluding hydrogens is 325 g/mol. The zero-order valence-electron chi connectivity index (χ0n) is 12.4. The van der Waals surface area contributed by atoms with E-state index in [0.29, 0.717) is 26.1 Å². The number of amides is 1. The number of para-hydroxylation sites is 1. The fourth-order valence-electron chi connectivity index (χ4n) is 2.25. The molecule has 0 aliphatic rings. The molecule has 0 saturated heterocycles. The predicted octanol–water partition coefficient (Wildman–Crippen LogP) is 3.09. The standard InChI is InChI=1S/C18H10FN3OS/c1-2-10-22-16-14(19)4-3-5-15(16)24-18(22)21-17(23)13-8-6-12(11-20)7-9-13/h1,3-9H,10H2. The number of rotatable bonds is 2. The molecule has 6 heteroatoms. The smallest absolute Gasteiger partial charge is 0.279 e. The number of halogens is 1. The van der Waals surface area contributed by atoms with Gasteiger partial charge in [0.1, 0.15) is 5.82 Å². The number of hydrogen-bond acceptors (Lipinski definition) is 3. The van der Waals surface area contributed by atoms with Gasteiger partial charge in [0, 0.05) is 5.56 Å². The number of nitrogens with zero attached hydrogens (tertiary/aromatic N) is 3. The van der Waals surface area contributed by atoms with E-state index in [4.69, 9.17) is 11.7 Å². The maximum atomic E-state index is 14.1. The van der Waals surface area contributed by atoms with Crippen molar-refractivity contribution in [3.63, 3.8) is 0 Å². The van der Waals surface area contributed by atoms with Crippen molar-refractivity contribution < 1.29 is 9.18 Å². The van der Waals surface area contributed by atoms with Crippen LogP contribution in [0.2, 0.25) is 0 Å². The monoisotopic (exact) mass is 335 g/mol. The van der Waals surface area contributed by atoms with Gasteiger partial charge in [-0.05, 0) is 36.4 Å². The van der Waals surface area contributed by atoms with E-state index in [1.165, 1.54) is 34.1 Å². The van der Waals surface area contributed by atoms with Crippen LogP contribution in [0.3, 0.4) is 0 Å². The second kappa shape index (κ2) is 6.49. The van der Waals surface area contributed by atoms with Gasteiger partial charge in [-0.25, -0.2) is 4.39 Å². The number of nitriles is 1. The molecule has 1 heterocycles. The van der Waals surface area contributed by atoms with Crippen LogP contribution >= 0.6 is 11.3 Å². The van der Waals surface area contributed by atoms with Gasteiger partial charge in [-0.15, -0.1) is 6.42 Å². The van der Waals surface area contributed by atoms with Crippen LogP contribution in [0.15, 0.2) is 47.5 Å². The van der Waals surface area contributed by atoms with Crippen LogP contribution in [0.5, 0.6) is 0 Å². The summed E-state index contributed by atoms with van der Waals surface area (Å²) in [5.41, 5.74) is 1.14. The SMILES string of the molecule is C#CCn1c(=NC(=O)c2ccc(C#N)cc2)sc2cccc(F)c21. The molecular formula is C18H10FN3OS. The lowest BCUT2D eigenvalue weighted by molar-refractivity contribution is 0.0998. The Morgan fingerprint density at radius 2 is 2.04 bits per heavy atom. The molecule has 0 aliphatic heterocycles. The van der Waals surface area contributed by atoms with Crippen LogP contribution in [0.4, 0.5) is 4.39 Å². The molecule has 4 nitrogen and oxygen atoms in total. The van der Waals surface area contributed by atoms with E-state index in [0.717, 1.165) is 0 Å². The van der Waals surface area contributed by atoms with E-state index >= 15 is 0 Å². The highest BCUT2D eigenvalue weighted by atomic mass is 32.1. The molecule has 0 aliphatic carbocycles. The average Bonchev–Trinajstić information content (AvgIpc) is 2.94. The van der Waals surface area contributed by atoms with Crippen LogP contribution in [-0.2, 0) is 6.54 Å². The van der Waals surface area contributed by atoms with Gasteiger partial charge in [-0.2, -0.15) is 10.3 Å². The third kappa shape index (κ3) is 2.83. The molecule has 0 unspecified atom stereocenters. The van der Waals surface area contributed by atoms with E-state index in [9.17, 15) is 9.18 Å².